The van der Waals surface area contributed by atoms with Gasteiger partial charge in [-0.3, -0.25) is 0 Å². The van der Waals surface area contributed by atoms with Crippen molar-refractivity contribution in [2.75, 3.05) is 9.80 Å². The van der Waals surface area contributed by atoms with Crippen LogP contribution in [0.5, 0.6) is 0 Å². The number of fused-ring (bicyclic) bond motifs is 7. The van der Waals surface area contributed by atoms with Crippen molar-refractivity contribution >= 4 is 66.4 Å². The minimum Gasteiger partial charge on any atom is -0.310 e. The van der Waals surface area contributed by atoms with E-state index in [1.165, 1.54) is 111 Å². The van der Waals surface area contributed by atoms with Gasteiger partial charge in [-0.25, -0.2) is 0 Å². The Labute approximate surface area is 399 Å². The highest BCUT2D eigenvalue weighted by Crippen LogP contribution is 2.55. The molecule has 0 aromatic heterocycles. The number of hydrogen-bond acceptors (Lipinski definition) is 2. The molecule has 0 N–H and O–H groups in total. The van der Waals surface area contributed by atoms with E-state index in [9.17, 15) is 0 Å². The summed E-state index contributed by atoms with van der Waals surface area (Å²) >= 11 is 0. The first-order valence-corrected chi connectivity index (χ1v) is 23.9. The maximum absolute atomic E-state index is 2.49. The molecule has 0 unspecified atom stereocenters. The van der Waals surface area contributed by atoms with Crippen LogP contribution >= 0.6 is 0 Å². The van der Waals surface area contributed by atoms with E-state index < -0.39 is 0 Å². The number of hydrogen-bond donors (Lipinski definition) is 0. The lowest BCUT2D eigenvalue weighted by Gasteiger charge is -2.42. The summed E-state index contributed by atoms with van der Waals surface area (Å²) in [5.41, 5.74) is 19.4. The summed E-state index contributed by atoms with van der Waals surface area (Å²) in [5.74, 6) is 0. The average Bonchev–Trinajstić information content (AvgIpc) is 3.38. The molecular formula is C66H50N2. The van der Waals surface area contributed by atoms with Gasteiger partial charge in [-0.05, 0) is 149 Å². The lowest BCUT2D eigenvalue weighted by atomic mass is 9.73. The normalized spacial score (nSPS) is 14.4. The van der Waals surface area contributed by atoms with Crippen LogP contribution in [0.2, 0.25) is 0 Å². The van der Waals surface area contributed by atoms with E-state index in [-0.39, 0.29) is 10.8 Å². The summed E-state index contributed by atoms with van der Waals surface area (Å²) in [7, 11) is 0. The van der Waals surface area contributed by atoms with Crippen molar-refractivity contribution in [3.05, 3.63) is 253 Å². The molecule has 2 heterocycles. The number of rotatable bonds is 5. The molecule has 0 radical (unpaired) electrons. The van der Waals surface area contributed by atoms with E-state index in [1.54, 1.807) is 0 Å². The molecule has 0 amide bonds. The van der Waals surface area contributed by atoms with Gasteiger partial charge in [-0.2, -0.15) is 0 Å². The number of nitrogens with zero attached hydrogens (tertiary/aromatic N) is 2. The molecule has 0 atom stereocenters. The second-order valence-corrected chi connectivity index (χ2v) is 19.7. The Morgan fingerprint density at radius 3 is 1.18 bits per heavy atom. The van der Waals surface area contributed by atoms with Gasteiger partial charge in [0, 0.05) is 22.2 Å². The zero-order valence-electron chi connectivity index (χ0n) is 38.8. The van der Waals surface area contributed by atoms with Crippen LogP contribution in [0.15, 0.2) is 231 Å². The fraction of sp³-hybridized carbons (Fsp3) is 0.0909. The average molecular weight is 871 g/mol. The molecule has 11 aromatic carbocycles. The predicted octanol–water partition coefficient (Wildman–Crippen LogP) is 18.4. The second kappa shape index (κ2) is 15.2. The zero-order chi connectivity index (χ0) is 45.7. The number of anilines is 6. The highest BCUT2D eigenvalue weighted by Gasteiger charge is 2.38. The van der Waals surface area contributed by atoms with Crippen LogP contribution in [0.4, 0.5) is 34.1 Å². The third-order valence-corrected chi connectivity index (χ3v) is 15.2. The van der Waals surface area contributed by atoms with E-state index in [2.05, 4.69) is 268 Å². The van der Waals surface area contributed by atoms with Crippen LogP contribution < -0.4 is 9.80 Å². The van der Waals surface area contributed by atoms with Gasteiger partial charge in [0.05, 0.1) is 22.7 Å². The van der Waals surface area contributed by atoms with Gasteiger partial charge >= 0.3 is 0 Å². The molecule has 13 rings (SSSR count). The maximum Gasteiger partial charge on any atom is 0.0502 e. The summed E-state index contributed by atoms with van der Waals surface area (Å²) in [6, 6.07) is 86.0. The highest BCUT2D eigenvalue weighted by molar-refractivity contribution is 6.23. The van der Waals surface area contributed by atoms with Crippen LogP contribution in [-0.2, 0) is 10.8 Å². The number of para-hydroxylation sites is 4. The molecule has 11 aromatic rings. The van der Waals surface area contributed by atoms with E-state index in [1.807, 2.05) is 0 Å². The topological polar surface area (TPSA) is 6.48 Å². The van der Waals surface area contributed by atoms with Crippen LogP contribution in [0.3, 0.4) is 0 Å². The lowest BCUT2D eigenvalue weighted by molar-refractivity contribution is 0.632. The molecule has 0 saturated heterocycles. The summed E-state index contributed by atoms with van der Waals surface area (Å²) < 4.78 is 0. The molecule has 0 aliphatic carbocycles. The van der Waals surface area contributed by atoms with E-state index >= 15 is 0 Å². The summed E-state index contributed by atoms with van der Waals surface area (Å²) in [6.07, 6.45) is 0. The molecule has 0 bridgehead atoms. The number of benzene rings is 11. The summed E-state index contributed by atoms with van der Waals surface area (Å²) in [4.78, 5) is 4.98. The maximum atomic E-state index is 2.49. The Hall–Kier alpha value is -8.20. The molecule has 0 spiro atoms. The van der Waals surface area contributed by atoms with Crippen LogP contribution in [0.1, 0.15) is 49.9 Å². The van der Waals surface area contributed by atoms with Crippen molar-refractivity contribution in [1.82, 2.24) is 0 Å². The van der Waals surface area contributed by atoms with E-state index in [0.29, 0.717) is 0 Å². The Morgan fingerprint density at radius 2 is 0.662 bits per heavy atom. The lowest BCUT2D eigenvalue weighted by Crippen LogP contribution is -2.30. The Bertz CT molecular complexity index is 3720. The quantitative estimate of drug-likeness (QED) is 0.159. The Kier molecular flexibility index (Phi) is 8.95. The highest BCUT2D eigenvalue weighted by atomic mass is 15.2. The van der Waals surface area contributed by atoms with Gasteiger partial charge in [0.2, 0.25) is 0 Å². The third-order valence-electron chi connectivity index (χ3n) is 15.2. The van der Waals surface area contributed by atoms with Crippen molar-refractivity contribution in [3.63, 3.8) is 0 Å². The fourth-order valence-corrected chi connectivity index (χ4v) is 11.8. The standard InChI is InChI=1S/C66H50N2/c1-65(2)55-25-10-14-29-59(55)67(60-30-15-11-26-56(60)65)49-36-38-52-53(41-49)63(44-20-6-5-7-21-44)51-37-35-50(68-61-31-16-12-27-57(61)66(3,4)58-28-13-17-32-62(58)68)42-54(51)64(52)48-24-18-23-46(40-48)47-34-33-43-19-8-9-22-45(43)39-47/h5-42H,1-4H3. The van der Waals surface area contributed by atoms with Crippen LogP contribution in [-0.4, -0.2) is 0 Å². The first-order valence-electron chi connectivity index (χ1n) is 23.9. The molecular weight excluding hydrogens is 821 g/mol. The van der Waals surface area contributed by atoms with Crippen molar-refractivity contribution < 1.29 is 0 Å². The van der Waals surface area contributed by atoms with Crippen LogP contribution in [0.25, 0.3) is 65.7 Å². The van der Waals surface area contributed by atoms with Crippen molar-refractivity contribution in [2.45, 2.75) is 38.5 Å². The van der Waals surface area contributed by atoms with Crippen LogP contribution in [0, 0.1) is 0 Å². The second-order valence-electron chi connectivity index (χ2n) is 19.7. The Balaban J connectivity index is 1.12. The minimum atomic E-state index is -0.158. The zero-order valence-corrected chi connectivity index (χ0v) is 38.8. The first-order chi connectivity index (χ1) is 33.3. The van der Waals surface area contributed by atoms with Crippen molar-refractivity contribution in [1.29, 1.82) is 0 Å². The summed E-state index contributed by atoms with van der Waals surface area (Å²) in [6.45, 7) is 9.43. The molecule has 2 nitrogen and oxygen atoms in total. The van der Waals surface area contributed by atoms with Gasteiger partial charge in [0.15, 0.2) is 0 Å². The van der Waals surface area contributed by atoms with Gasteiger partial charge in [-0.15, -0.1) is 0 Å². The van der Waals surface area contributed by atoms with Crippen molar-refractivity contribution in [3.8, 4) is 33.4 Å². The largest absolute Gasteiger partial charge is 0.310 e. The first kappa shape index (κ1) is 40.1. The Morgan fingerprint density at radius 1 is 0.265 bits per heavy atom. The van der Waals surface area contributed by atoms with Gasteiger partial charge in [0.1, 0.15) is 0 Å². The summed E-state index contributed by atoms with van der Waals surface area (Å²) in [5, 5.41) is 7.35. The van der Waals surface area contributed by atoms with Crippen molar-refractivity contribution in [2.24, 2.45) is 0 Å². The molecule has 2 aliphatic rings. The monoisotopic (exact) mass is 870 g/mol. The third kappa shape index (κ3) is 6.03. The smallest absolute Gasteiger partial charge is 0.0502 e. The van der Waals surface area contributed by atoms with E-state index in [0.717, 1.165) is 11.4 Å². The molecule has 324 valence electrons. The fourth-order valence-electron chi connectivity index (χ4n) is 11.8. The van der Waals surface area contributed by atoms with Gasteiger partial charge in [-0.1, -0.05) is 198 Å². The van der Waals surface area contributed by atoms with E-state index in [4.69, 9.17) is 0 Å². The molecule has 0 fully saturated rings. The molecule has 2 aliphatic heterocycles. The van der Waals surface area contributed by atoms with Gasteiger partial charge in [0.25, 0.3) is 0 Å². The SMILES string of the molecule is CC1(C)c2ccccc2N(c2ccc3c(-c4cccc(-c5ccc6ccccc6c5)c4)c4cc(N5c6ccccc6C(C)(C)c6ccccc65)ccc4c(-c4ccccc4)c3c2)c2ccccc21. The molecule has 68 heavy (non-hydrogen) atoms. The predicted molar refractivity (Wildman–Crippen MR) is 289 cm³/mol. The molecule has 2 heteroatoms. The minimum absolute atomic E-state index is 0.155. The van der Waals surface area contributed by atoms with Gasteiger partial charge < -0.3 is 9.80 Å². The molecule has 0 saturated carbocycles.